The molecular weight excluding hydrogens is 553 g/mol. The van der Waals surface area contributed by atoms with E-state index in [4.69, 9.17) is 22.2 Å². The molecule has 0 aromatic heterocycles. The Morgan fingerprint density at radius 2 is 1.93 bits per heavy atom. The molecular formula is C27H32ClF3N4O5. The number of halogens is 4. The van der Waals surface area contributed by atoms with E-state index in [2.05, 4.69) is 22.1 Å². The first-order valence-corrected chi connectivity index (χ1v) is 13.2. The normalized spacial score (nSPS) is 16.2. The number of carbonyl (C=O) groups excluding carboxylic acids is 2. The Morgan fingerprint density at radius 3 is 2.55 bits per heavy atom. The zero-order valence-electron chi connectivity index (χ0n) is 21.9. The van der Waals surface area contributed by atoms with E-state index in [-0.39, 0.29) is 29.5 Å². The standard InChI is InChI=1S/C27H32ClF3N4O5/c1-2-3-4-5-12-39-34-24(32)18-8-6-17(7-9-18)16-33-25(37)22-10-11-35(22)26(38)23(36)19-13-20(28)15-21(14-19)40-27(29,30)31/h6-9,13-15,22-23,36H,2-5,10-12,16H2,1H3,(H2,32,34)(H,33,37)/t22-,23+/m0/s1. The second kappa shape index (κ2) is 14.2. The van der Waals surface area contributed by atoms with Crippen LogP contribution in [0.25, 0.3) is 0 Å². The third-order valence-corrected chi connectivity index (χ3v) is 6.47. The molecule has 0 saturated carbocycles. The van der Waals surface area contributed by atoms with E-state index in [1.54, 1.807) is 24.3 Å². The lowest BCUT2D eigenvalue weighted by Crippen LogP contribution is -2.59. The first-order chi connectivity index (χ1) is 19.0. The highest BCUT2D eigenvalue weighted by Crippen LogP contribution is 2.31. The summed E-state index contributed by atoms with van der Waals surface area (Å²) in [5.74, 6) is -1.70. The van der Waals surface area contributed by atoms with Crippen LogP contribution < -0.4 is 15.8 Å². The van der Waals surface area contributed by atoms with Gasteiger partial charge in [-0.2, -0.15) is 0 Å². The minimum Gasteiger partial charge on any atom is -0.406 e. The van der Waals surface area contributed by atoms with Crippen LogP contribution in [-0.2, 0) is 21.0 Å². The number of nitrogens with one attached hydrogen (secondary N) is 1. The zero-order valence-corrected chi connectivity index (χ0v) is 22.7. The third kappa shape index (κ3) is 9.02. The predicted octanol–water partition coefficient (Wildman–Crippen LogP) is 4.41. The van der Waals surface area contributed by atoms with Crippen LogP contribution in [0.2, 0.25) is 5.02 Å². The van der Waals surface area contributed by atoms with Gasteiger partial charge in [-0.3, -0.25) is 9.59 Å². The van der Waals surface area contributed by atoms with E-state index in [1.807, 2.05) is 0 Å². The van der Waals surface area contributed by atoms with Crippen molar-refractivity contribution in [2.75, 3.05) is 13.2 Å². The van der Waals surface area contributed by atoms with Crippen LogP contribution in [0, 0.1) is 0 Å². The van der Waals surface area contributed by atoms with Gasteiger partial charge in [-0.15, -0.1) is 13.2 Å². The largest absolute Gasteiger partial charge is 0.573 e. The van der Waals surface area contributed by atoms with Gasteiger partial charge in [0.2, 0.25) is 5.91 Å². The molecule has 1 saturated heterocycles. The number of hydrogen-bond acceptors (Lipinski definition) is 6. The Bertz CT molecular complexity index is 1190. The fourth-order valence-electron chi connectivity index (χ4n) is 4.02. The van der Waals surface area contributed by atoms with Crippen molar-refractivity contribution in [3.05, 3.63) is 64.2 Å². The number of ether oxygens (including phenoxy) is 1. The zero-order chi connectivity index (χ0) is 29.3. The van der Waals surface area contributed by atoms with Gasteiger partial charge in [0.25, 0.3) is 5.91 Å². The van der Waals surface area contributed by atoms with Gasteiger partial charge in [0, 0.05) is 23.7 Å². The van der Waals surface area contributed by atoms with Crippen molar-refractivity contribution in [2.24, 2.45) is 10.9 Å². The molecule has 2 aromatic rings. The number of hydrogen-bond donors (Lipinski definition) is 3. The van der Waals surface area contributed by atoms with Crippen LogP contribution in [0.3, 0.4) is 0 Å². The fourth-order valence-corrected chi connectivity index (χ4v) is 4.25. The third-order valence-electron chi connectivity index (χ3n) is 6.25. The Hall–Kier alpha value is -3.51. The highest BCUT2D eigenvalue weighted by atomic mass is 35.5. The number of likely N-dealkylation sites (tertiary alicyclic amines) is 1. The minimum atomic E-state index is -4.97. The average molecular weight is 585 g/mol. The van der Waals surface area contributed by atoms with E-state index < -0.39 is 36.1 Å². The van der Waals surface area contributed by atoms with Gasteiger partial charge in [-0.05, 0) is 48.6 Å². The van der Waals surface area contributed by atoms with Gasteiger partial charge in [0.05, 0.1) is 0 Å². The molecule has 0 radical (unpaired) electrons. The molecule has 2 atom stereocenters. The summed E-state index contributed by atoms with van der Waals surface area (Å²) in [6.07, 6.45) is -2.17. The summed E-state index contributed by atoms with van der Waals surface area (Å²) < 4.78 is 41.6. The maximum absolute atomic E-state index is 12.8. The number of aliphatic hydroxyl groups excluding tert-OH is 1. The Labute approximate surface area is 235 Å². The molecule has 0 unspecified atom stereocenters. The van der Waals surface area contributed by atoms with Crippen molar-refractivity contribution in [3.63, 3.8) is 0 Å². The number of rotatable bonds is 13. The van der Waals surface area contributed by atoms with Gasteiger partial charge in [0.1, 0.15) is 18.4 Å². The minimum absolute atomic E-state index is 0.157. The number of amides is 2. The van der Waals surface area contributed by atoms with Crippen molar-refractivity contribution < 1.29 is 37.4 Å². The lowest BCUT2D eigenvalue weighted by atomic mass is 9.98. The second-order valence-electron chi connectivity index (χ2n) is 9.29. The highest BCUT2D eigenvalue weighted by molar-refractivity contribution is 6.30. The van der Waals surface area contributed by atoms with E-state index in [9.17, 15) is 27.9 Å². The summed E-state index contributed by atoms with van der Waals surface area (Å²) in [4.78, 5) is 32.0. The number of oxime groups is 1. The van der Waals surface area contributed by atoms with Gasteiger partial charge in [-0.1, -0.05) is 60.8 Å². The number of carbonyl (C=O) groups is 2. The van der Waals surface area contributed by atoms with Gasteiger partial charge >= 0.3 is 6.36 Å². The number of aliphatic hydroxyl groups is 1. The summed E-state index contributed by atoms with van der Waals surface area (Å²) in [5, 5.41) is 17.0. The Balaban J connectivity index is 1.51. The molecule has 1 aliphatic rings. The van der Waals surface area contributed by atoms with Crippen molar-refractivity contribution in [2.45, 2.75) is 64.1 Å². The molecule has 4 N–H and O–H groups in total. The van der Waals surface area contributed by atoms with Crippen LogP contribution in [0.4, 0.5) is 13.2 Å². The first-order valence-electron chi connectivity index (χ1n) is 12.9. The number of alkyl halides is 3. The molecule has 3 rings (SSSR count). The molecule has 0 spiro atoms. The van der Waals surface area contributed by atoms with Crippen LogP contribution in [0.5, 0.6) is 5.75 Å². The number of nitrogens with zero attached hydrogens (tertiary/aromatic N) is 2. The molecule has 1 heterocycles. The summed E-state index contributed by atoms with van der Waals surface area (Å²) in [5.41, 5.74) is 7.21. The maximum atomic E-state index is 12.8. The van der Waals surface area contributed by atoms with E-state index in [1.165, 1.54) is 0 Å². The van der Waals surface area contributed by atoms with Crippen molar-refractivity contribution in [3.8, 4) is 5.75 Å². The number of benzene rings is 2. The lowest BCUT2D eigenvalue weighted by Gasteiger charge is -2.40. The van der Waals surface area contributed by atoms with E-state index in [0.717, 1.165) is 54.3 Å². The first kappa shape index (κ1) is 31.0. The van der Waals surface area contributed by atoms with Crippen molar-refractivity contribution in [1.82, 2.24) is 10.2 Å². The molecule has 0 aliphatic carbocycles. The van der Waals surface area contributed by atoms with Crippen molar-refractivity contribution in [1.29, 1.82) is 0 Å². The quantitative estimate of drug-likeness (QED) is 0.139. The highest BCUT2D eigenvalue weighted by Gasteiger charge is 2.40. The molecule has 218 valence electrons. The maximum Gasteiger partial charge on any atom is 0.573 e. The van der Waals surface area contributed by atoms with Crippen LogP contribution in [0.1, 0.15) is 61.8 Å². The molecule has 0 bridgehead atoms. The summed E-state index contributed by atoms with van der Waals surface area (Å²) in [7, 11) is 0. The van der Waals surface area contributed by atoms with Crippen LogP contribution >= 0.6 is 11.6 Å². The van der Waals surface area contributed by atoms with Crippen LogP contribution in [-0.4, -0.2) is 53.2 Å². The second-order valence-corrected chi connectivity index (χ2v) is 9.73. The van der Waals surface area contributed by atoms with Gasteiger partial charge in [-0.25, -0.2) is 0 Å². The molecule has 1 fully saturated rings. The molecule has 2 aromatic carbocycles. The Kier molecular flexibility index (Phi) is 11.0. The number of nitrogens with two attached hydrogens (primary N) is 1. The monoisotopic (exact) mass is 584 g/mol. The van der Waals surface area contributed by atoms with Crippen LogP contribution in [0.15, 0.2) is 47.6 Å². The lowest BCUT2D eigenvalue weighted by molar-refractivity contribution is -0.274. The van der Waals surface area contributed by atoms with Gasteiger partial charge in [0.15, 0.2) is 11.9 Å². The molecule has 9 nitrogen and oxygen atoms in total. The smallest absolute Gasteiger partial charge is 0.406 e. The Morgan fingerprint density at radius 1 is 1.20 bits per heavy atom. The average Bonchev–Trinajstić information content (AvgIpc) is 2.87. The van der Waals surface area contributed by atoms with Gasteiger partial charge < -0.3 is 30.6 Å². The molecule has 13 heteroatoms. The molecule has 40 heavy (non-hydrogen) atoms. The molecule has 1 aliphatic heterocycles. The predicted molar refractivity (Wildman–Crippen MR) is 142 cm³/mol. The number of amidine groups is 1. The molecule has 2 amide bonds. The summed E-state index contributed by atoms with van der Waals surface area (Å²) in [6.45, 7) is 3.01. The summed E-state index contributed by atoms with van der Waals surface area (Å²) >= 11 is 5.84. The topological polar surface area (TPSA) is 126 Å². The number of unbranched alkanes of at least 4 members (excludes halogenated alkanes) is 3. The fraction of sp³-hybridized carbons (Fsp3) is 0.444. The SMILES string of the molecule is CCCCCCO/N=C(\N)c1ccc(CNC(=O)[C@@H]2CCN2C(=O)[C@H](O)c2cc(Cl)cc(OC(F)(F)F)c2)cc1. The van der Waals surface area contributed by atoms with E-state index in [0.29, 0.717) is 18.6 Å². The summed E-state index contributed by atoms with van der Waals surface area (Å²) in [6, 6.07) is 9.14. The van der Waals surface area contributed by atoms with Crippen molar-refractivity contribution >= 4 is 29.3 Å². The van der Waals surface area contributed by atoms with E-state index >= 15 is 0 Å².